The van der Waals surface area contributed by atoms with E-state index in [4.69, 9.17) is 0 Å². The van der Waals surface area contributed by atoms with Crippen molar-refractivity contribution in [2.75, 3.05) is 5.75 Å². The first-order valence-corrected chi connectivity index (χ1v) is 8.53. The van der Waals surface area contributed by atoms with Gasteiger partial charge in [-0.05, 0) is 30.6 Å². The third-order valence-corrected chi connectivity index (χ3v) is 7.91. The molecule has 3 fully saturated rings. The average Bonchev–Trinajstić information content (AvgIpc) is 2.75. The molecule has 1 amide bonds. The van der Waals surface area contributed by atoms with Crippen molar-refractivity contribution < 1.29 is 13.2 Å². The second-order valence-electron chi connectivity index (χ2n) is 6.80. The molecule has 3 rings (SSSR count). The van der Waals surface area contributed by atoms with Gasteiger partial charge in [0.1, 0.15) is 0 Å². The molecule has 3 aliphatic rings. The van der Waals surface area contributed by atoms with Crippen LogP contribution in [0.4, 0.5) is 0 Å². The predicted octanol–water partition coefficient (Wildman–Crippen LogP) is 1.93. The first-order valence-electron chi connectivity index (χ1n) is 6.92. The van der Waals surface area contributed by atoms with Gasteiger partial charge in [0.15, 0.2) is 0 Å². The first kappa shape index (κ1) is 13.2. The topological polar surface area (TPSA) is 54.5 Å². The molecule has 1 saturated heterocycles. The van der Waals surface area contributed by atoms with Crippen molar-refractivity contribution in [3.8, 4) is 0 Å². The summed E-state index contributed by atoms with van der Waals surface area (Å²) in [5.41, 5.74) is -0.193. The maximum Gasteiger partial charge on any atom is 0.240 e. The van der Waals surface area contributed by atoms with Crippen molar-refractivity contribution >= 4 is 15.9 Å². The zero-order chi connectivity index (χ0) is 14.1. The number of sulfonamides is 1. The zero-order valence-corrected chi connectivity index (χ0v) is 12.4. The van der Waals surface area contributed by atoms with Gasteiger partial charge in [-0.1, -0.05) is 19.9 Å². The van der Waals surface area contributed by atoms with Crippen LogP contribution in [0.25, 0.3) is 0 Å². The number of fused-ring (bicyclic) bond motifs is 1. The molecule has 4 nitrogen and oxygen atoms in total. The van der Waals surface area contributed by atoms with Crippen LogP contribution >= 0.6 is 0 Å². The monoisotopic (exact) mass is 283 g/mol. The molecule has 1 heterocycles. The molecule has 0 aromatic carbocycles. The molecular weight excluding hydrogens is 262 g/mol. The second kappa shape index (κ2) is 3.62. The molecule has 2 bridgehead atoms. The highest BCUT2D eigenvalue weighted by atomic mass is 32.2. The summed E-state index contributed by atoms with van der Waals surface area (Å²) >= 11 is 0. The molecule has 3 atom stereocenters. The lowest BCUT2D eigenvalue weighted by atomic mass is 9.69. The van der Waals surface area contributed by atoms with Gasteiger partial charge < -0.3 is 0 Å². The van der Waals surface area contributed by atoms with Crippen LogP contribution in [0.3, 0.4) is 0 Å². The van der Waals surface area contributed by atoms with Crippen molar-refractivity contribution in [1.82, 2.24) is 4.31 Å². The normalized spacial score (nSPS) is 41.3. The molecule has 0 N–H and O–H groups in total. The van der Waals surface area contributed by atoms with E-state index in [1.807, 2.05) is 0 Å². The molecule has 106 valence electrons. The van der Waals surface area contributed by atoms with Gasteiger partial charge in [0.25, 0.3) is 0 Å². The summed E-state index contributed by atoms with van der Waals surface area (Å²) in [6.45, 7) is 7.90. The summed E-state index contributed by atoms with van der Waals surface area (Å²) < 4.78 is 26.1. The number of carbonyl (C=O) groups excluding carboxylic acids is 1. The van der Waals surface area contributed by atoms with Crippen LogP contribution in [0.15, 0.2) is 12.7 Å². The summed E-state index contributed by atoms with van der Waals surface area (Å²) in [6, 6.07) is -0.112. The van der Waals surface area contributed by atoms with Crippen molar-refractivity contribution in [3.63, 3.8) is 0 Å². The third-order valence-electron chi connectivity index (χ3n) is 5.98. The summed E-state index contributed by atoms with van der Waals surface area (Å²) in [7, 11) is -3.45. The fraction of sp³-hybridized carbons (Fsp3) is 0.786. The second-order valence-corrected chi connectivity index (χ2v) is 8.65. The summed E-state index contributed by atoms with van der Waals surface area (Å²) in [5, 5.41) is 0. The Bertz CT molecular complexity index is 551. The Morgan fingerprint density at radius 2 is 2.16 bits per heavy atom. The van der Waals surface area contributed by atoms with E-state index in [-0.39, 0.29) is 35.0 Å². The minimum atomic E-state index is -3.45. The van der Waals surface area contributed by atoms with Crippen LogP contribution in [0.1, 0.15) is 39.5 Å². The Kier molecular flexibility index (Phi) is 2.51. The smallest absolute Gasteiger partial charge is 0.240 e. The van der Waals surface area contributed by atoms with E-state index in [0.29, 0.717) is 5.92 Å². The van der Waals surface area contributed by atoms with E-state index in [0.717, 1.165) is 19.3 Å². The molecular formula is C14H21NO3S. The predicted molar refractivity (Wildman–Crippen MR) is 72.8 cm³/mol. The van der Waals surface area contributed by atoms with Gasteiger partial charge >= 0.3 is 0 Å². The molecule has 2 aliphatic carbocycles. The van der Waals surface area contributed by atoms with E-state index < -0.39 is 10.0 Å². The maximum absolute atomic E-state index is 12.4. The largest absolute Gasteiger partial charge is 0.273 e. The number of amides is 1. The van der Waals surface area contributed by atoms with Crippen molar-refractivity contribution in [2.24, 2.45) is 16.7 Å². The van der Waals surface area contributed by atoms with E-state index in [1.54, 1.807) is 0 Å². The zero-order valence-electron chi connectivity index (χ0n) is 11.6. The molecule has 5 heteroatoms. The average molecular weight is 283 g/mol. The molecule has 0 radical (unpaired) electrons. The van der Waals surface area contributed by atoms with Gasteiger partial charge in [-0.25, -0.2) is 12.7 Å². The Labute approximate surface area is 114 Å². The van der Waals surface area contributed by atoms with Crippen LogP contribution in [-0.4, -0.2) is 30.4 Å². The van der Waals surface area contributed by atoms with Crippen LogP contribution < -0.4 is 0 Å². The lowest BCUT2D eigenvalue weighted by molar-refractivity contribution is -0.128. The summed E-state index contributed by atoms with van der Waals surface area (Å²) in [5.74, 6) is 0.393. The van der Waals surface area contributed by atoms with E-state index in [2.05, 4.69) is 20.4 Å². The van der Waals surface area contributed by atoms with Crippen LogP contribution in [0, 0.1) is 16.7 Å². The fourth-order valence-corrected chi connectivity index (χ4v) is 7.39. The quantitative estimate of drug-likeness (QED) is 0.728. The molecule has 19 heavy (non-hydrogen) atoms. The van der Waals surface area contributed by atoms with Crippen LogP contribution in [0.2, 0.25) is 0 Å². The van der Waals surface area contributed by atoms with E-state index in [9.17, 15) is 13.2 Å². The van der Waals surface area contributed by atoms with E-state index in [1.165, 1.54) is 10.4 Å². The molecule has 1 spiro atoms. The Morgan fingerprint density at radius 1 is 1.47 bits per heavy atom. The number of hydrogen-bond donors (Lipinski definition) is 0. The minimum Gasteiger partial charge on any atom is -0.273 e. The SMILES string of the molecule is C=CCC(=O)N1[C@@H]2CC3CCC2(CS1(=O)=O)C3(C)C. The molecule has 1 aliphatic heterocycles. The maximum atomic E-state index is 12.4. The number of hydrogen-bond acceptors (Lipinski definition) is 3. The highest BCUT2D eigenvalue weighted by Gasteiger charge is 2.72. The van der Waals surface area contributed by atoms with Crippen LogP contribution in [-0.2, 0) is 14.8 Å². The molecule has 0 aromatic rings. The summed E-state index contributed by atoms with van der Waals surface area (Å²) in [6.07, 6.45) is 4.47. The van der Waals surface area contributed by atoms with Crippen molar-refractivity contribution in [3.05, 3.63) is 12.7 Å². The molecule has 2 unspecified atom stereocenters. The van der Waals surface area contributed by atoms with Crippen LogP contribution in [0.5, 0.6) is 0 Å². The van der Waals surface area contributed by atoms with Crippen molar-refractivity contribution in [2.45, 2.75) is 45.6 Å². The van der Waals surface area contributed by atoms with Gasteiger partial charge in [0.2, 0.25) is 15.9 Å². The Hall–Kier alpha value is -0.840. The number of carbonyl (C=O) groups is 1. The van der Waals surface area contributed by atoms with Gasteiger partial charge in [-0.2, -0.15) is 0 Å². The highest BCUT2D eigenvalue weighted by molar-refractivity contribution is 7.90. The lowest BCUT2D eigenvalue weighted by Crippen LogP contribution is -2.44. The first-order chi connectivity index (χ1) is 8.76. The van der Waals surface area contributed by atoms with Gasteiger partial charge in [-0.3, -0.25) is 4.79 Å². The molecule has 0 aromatic heterocycles. The fourth-order valence-electron chi connectivity index (χ4n) is 4.83. The van der Waals surface area contributed by atoms with Gasteiger partial charge in [0.05, 0.1) is 11.8 Å². The Morgan fingerprint density at radius 3 is 2.74 bits per heavy atom. The number of rotatable bonds is 2. The third kappa shape index (κ3) is 1.40. The lowest BCUT2D eigenvalue weighted by Gasteiger charge is -2.37. The number of nitrogens with zero attached hydrogens (tertiary/aromatic N) is 1. The Balaban J connectivity index is 2.06. The van der Waals surface area contributed by atoms with Gasteiger partial charge in [0, 0.05) is 11.8 Å². The minimum absolute atomic E-state index is 0.0218. The molecule has 2 saturated carbocycles. The van der Waals surface area contributed by atoms with E-state index >= 15 is 0 Å². The highest BCUT2D eigenvalue weighted by Crippen LogP contribution is 2.69. The van der Waals surface area contributed by atoms with Gasteiger partial charge in [-0.15, -0.1) is 6.58 Å². The standard InChI is InChI=1S/C14H21NO3S/c1-4-5-12(16)15-11-8-10-6-7-14(11,13(10,2)3)9-19(15,17)18/h4,10-11H,1,5-9H2,2-3H3/t10?,11-,14?/m1/s1. The summed E-state index contributed by atoms with van der Waals surface area (Å²) in [4.78, 5) is 12.2. The van der Waals surface area contributed by atoms with Crippen molar-refractivity contribution in [1.29, 1.82) is 0 Å².